The van der Waals surface area contributed by atoms with Gasteiger partial charge in [-0.3, -0.25) is 9.89 Å². The van der Waals surface area contributed by atoms with E-state index in [1.165, 1.54) is 0 Å². The number of sulfonamides is 1. The van der Waals surface area contributed by atoms with E-state index in [0.29, 0.717) is 18.2 Å². The molecule has 2 aliphatic carbocycles. The van der Waals surface area contributed by atoms with Crippen LogP contribution in [0.25, 0.3) is 0 Å². The molecule has 0 atom stereocenters. The number of aromatic nitrogens is 2. The van der Waals surface area contributed by atoms with Crippen molar-refractivity contribution in [1.82, 2.24) is 15.5 Å². The van der Waals surface area contributed by atoms with Gasteiger partial charge in [-0.25, -0.2) is 13.6 Å². The number of nitrogens with zero attached hydrogens (tertiary/aromatic N) is 1. The maximum atomic E-state index is 12.0. The van der Waals surface area contributed by atoms with Crippen LogP contribution in [0.5, 0.6) is 0 Å². The van der Waals surface area contributed by atoms with Gasteiger partial charge in [0.15, 0.2) is 5.69 Å². The topological polar surface area (TPSA) is 118 Å². The van der Waals surface area contributed by atoms with Crippen molar-refractivity contribution in [2.45, 2.75) is 36.5 Å². The largest absolute Gasteiger partial charge is 0.350 e. The molecule has 4 N–H and O–H groups in total. The molecule has 0 spiro atoms. The van der Waals surface area contributed by atoms with Crippen molar-refractivity contribution in [3.05, 3.63) is 11.4 Å². The zero-order chi connectivity index (χ0) is 13.6. The van der Waals surface area contributed by atoms with Gasteiger partial charge in [0.2, 0.25) is 10.0 Å². The second-order valence-electron chi connectivity index (χ2n) is 5.29. The number of rotatable bonds is 5. The quantitative estimate of drug-likeness (QED) is 0.709. The van der Waals surface area contributed by atoms with Crippen molar-refractivity contribution in [1.29, 1.82) is 0 Å². The van der Waals surface area contributed by atoms with Crippen LogP contribution < -0.4 is 10.5 Å². The maximum Gasteiger partial charge on any atom is 0.273 e. The minimum absolute atomic E-state index is 0.106. The fourth-order valence-electron chi connectivity index (χ4n) is 2.08. The van der Waals surface area contributed by atoms with Gasteiger partial charge < -0.3 is 5.32 Å². The standard InChI is InChI=1S/C11H16N4O3S/c12-19(17,18)10-8(7-3-4-7)14-15-9(10)11(16)13-5-6-1-2-6/h6-7H,1-5H2,(H,13,16)(H,14,15)(H2,12,17,18). The summed E-state index contributed by atoms with van der Waals surface area (Å²) in [6.45, 7) is 0.564. The second kappa shape index (κ2) is 4.31. The monoisotopic (exact) mass is 284 g/mol. The van der Waals surface area contributed by atoms with Crippen molar-refractivity contribution in [2.24, 2.45) is 11.1 Å². The number of primary sulfonamides is 1. The molecule has 3 rings (SSSR count). The van der Waals surface area contributed by atoms with E-state index in [0.717, 1.165) is 25.7 Å². The molecule has 0 bridgehead atoms. The van der Waals surface area contributed by atoms with Gasteiger partial charge >= 0.3 is 0 Å². The van der Waals surface area contributed by atoms with Gasteiger partial charge in [-0.1, -0.05) is 0 Å². The Morgan fingerprint density at radius 3 is 2.58 bits per heavy atom. The number of hydrogen-bond acceptors (Lipinski definition) is 4. The van der Waals surface area contributed by atoms with E-state index in [2.05, 4.69) is 15.5 Å². The van der Waals surface area contributed by atoms with E-state index in [1.54, 1.807) is 0 Å². The van der Waals surface area contributed by atoms with Gasteiger partial charge in [0.05, 0.1) is 5.69 Å². The first-order chi connectivity index (χ1) is 8.97. The number of aromatic amines is 1. The van der Waals surface area contributed by atoms with Crippen LogP contribution >= 0.6 is 0 Å². The molecular weight excluding hydrogens is 268 g/mol. The molecule has 1 aromatic heterocycles. The van der Waals surface area contributed by atoms with E-state index in [9.17, 15) is 13.2 Å². The number of nitrogens with one attached hydrogen (secondary N) is 2. The van der Waals surface area contributed by atoms with Gasteiger partial charge in [-0.15, -0.1) is 0 Å². The van der Waals surface area contributed by atoms with E-state index in [4.69, 9.17) is 5.14 Å². The Kier molecular flexibility index (Phi) is 2.86. The van der Waals surface area contributed by atoms with Crippen LogP contribution in [0.2, 0.25) is 0 Å². The molecule has 8 heteroatoms. The van der Waals surface area contributed by atoms with Crippen LogP contribution in [0.1, 0.15) is 47.8 Å². The fraction of sp³-hybridized carbons (Fsp3) is 0.636. The molecule has 0 unspecified atom stereocenters. The van der Waals surface area contributed by atoms with Crippen molar-refractivity contribution in [3.8, 4) is 0 Å². The molecule has 1 aromatic rings. The Balaban J connectivity index is 1.89. The highest BCUT2D eigenvalue weighted by molar-refractivity contribution is 7.89. The van der Waals surface area contributed by atoms with Gasteiger partial charge in [0.1, 0.15) is 4.90 Å². The highest BCUT2D eigenvalue weighted by Crippen LogP contribution is 2.42. The summed E-state index contributed by atoms with van der Waals surface area (Å²) < 4.78 is 23.3. The van der Waals surface area contributed by atoms with E-state index >= 15 is 0 Å². The molecule has 19 heavy (non-hydrogen) atoms. The van der Waals surface area contributed by atoms with Crippen LogP contribution in [-0.2, 0) is 10.0 Å². The molecule has 0 aliphatic heterocycles. The van der Waals surface area contributed by atoms with Gasteiger partial charge in [0, 0.05) is 12.5 Å². The zero-order valence-corrected chi connectivity index (χ0v) is 11.2. The number of carbonyl (C=O) groups excluding carboxylic acids is 1. The smallest absolute Gasteiger partial charge is 0.273 e. The molecular formula is C11H16N4O3S. The molecule has 1 heterocycles. The van der Waals surface area contributed by atoms with Crippen LogP contribution in [-0.4, -0.2) is 31.1 Å². The molecule has 2 saturated carbocycles. The molecule has 0 saturated heterocycles. The molecule has 0 aromatic carbocycles. The normalized spacial score (nSPS) is 19.4. The maximum absolute atomic E-state index is 12.0. The number of H-pyrrole nitrogens is 1. The fourth-order valence-corrected chi connectivity index (χ4v) is 3.01. The lowest BCUT2D eigenvalue weighted by Crippen LogP contribution is -2.28. The summed E-state index contributed by atoms with van der Waals surface area (Å²) in [5.41, 5.74) is 0.365. The molecule has 2 fully saturated rings. The highest BCUT2D eigenvalue weighted by atomic mass is 32.2. The summed E-state index contributed by atoms with van der Waals surface area (Å²) in [6, 6.07) is 0. The highest BCUT2D eigenvalue weighted by Gasteiger charge is 2.36. The van der Waals surface area contributed by atoms with E-state index in [-0.39, 0.29) is 16.5 Å². The van der Waals surface area contributed by atoms with Crippen molar-refractivity contribution >= 4 is 15.9 Å². The number of carbonyl (C=O) groups is 1. The Morgan fingerprint density at radius 1 is 1.37 bits per heavy atom. The van der Waals surface area contributed by atoms with Crippen molar-refractivity contribution < 1.29 is 13.2 Å². The van der Waals surface area contributed by atoms with Crippen LogP contribution in [0.4, 0.5) is 0 Å². The van der Waals surface area contributed by atoms with Crippen LogP contribution in [0.15, 0.2) is 4.90 Å². The van der Waals surface area contributed by atoms with Crippen molar-refractivity contribution in [3.63, 3.8) is 0 Å². The third kappa shape index (κ3) is 2.64. The third-order valence-electron chi connectivity index (χ3n) is 3.48. The lowest BCUT2D eigenvalue weighted by atomic mass is 10.2. The average molecular weight is 284 g/mol. The summed E-state index contributed by atoms with van der Waals surface area (Å²) in [7, 11) is -3.95. The third-order valence-corrected chi connectivity index (χ3v) is 4.46. The number of hydrogen-bond donors (Lipinski definition) is 3. The van der Waals surface area contributed by atoms with Gasteiger partial charge in [-0.2, -0.15) is 5.10 Å². The predicted molar refractivity (Wildman–Crippen MR) is 67.0 cm³/mol. The number of amides is 1. The Labute approximate surface area is 111 Å². The molecule has 2 aliphatic rings. The lowest BCUT2D eigenvalue weighted by molar-refractivity contribution is 0.0943. The van der Waals surface area contributed by atoms with Crippen LogP contribution in [0, 0.1) is 5.92 Å². The summed E-state index contributed by atoms with van der Waals surface area (Å²) in [4.78, 5) is 11.9. The SMILES string of the molecule is NS(=O)(=O)c1c(C(=O)NCC2CC2)n[nH]c1C1CC1. The van der Waals surface area contributed by atoms with Crippen molar-refractivity contribution in [2.75, 3.05) is 6.54 Å². The zero-order valence-electron chi connectivity index (χ0n) is 10.3. The average Bonchev–Trinajstić information content (AvgIpc) is 3.23. The second-order valence-corrected chi connectivity index (χ2v) is 6.79. The first-order valence-electron chi connectivity index (χ1n) is 6.36. The first kappa shape index (κ1) is 12.6. The summed E-state index contributed by atoms with van der Waals surface area (Å²) >= 11 is 0. The lowest BCUT2D eigenvalue weighted by Gasteiger charge is -2.04. The Morgan fingerprint density at radius 2 is 2.05 bits per heavy atom. The molecule has 0 radical (unpaired) electrons. The molecule has 7 nitrogen and oxygen atoms in total. The summed E-state index contributed by atoms with van der Waals surface area (Å²) in [5.74, 6) is 0.175. The predicted octanol–water partition coefficient (Wildman–Crippen LogP) is 0.0743. The van der Waals surface area contributed by atoms with Crippen LogP contribution in [0.3, 0.4) is 0 Å². The summed E-state index contributed by atoms with van der Waals surface area (Å²) in [5, 5.41) is 14.4. The number of nitrogens with two attached hydrogens (primary N) is 1. The molecule has 104 valence electrons. The van der Waals surface area contributed by atoms with Gasteiger partial charge in [-0.05, 0) is 31.6 Å². The minimum Gasteiger partial charge on any atom is -0.350 e. The molecule has 1 amide bonds. The Bertz CT molecular complexity index is 614. The van der Waals surface area contributed by atoms with E-state index < -0.39 is 15.9 Å². The first-order valence-corrected chi connectivity index (χ1v) is 7.90. The van der Waals surface area contributed by atoms with E-state index in [1.807, 2.05) is 0 Å². The minimum atomic E-state index is -3.95. The summed E-state index contributed by atoms with van der Waals surface area (Å²) in [6.07, 6.45) is 4.01. The Hall–Kier alpha value is -1.41. The van der Waals surface area contributed by atoms with Gasteiger partial charge in [0.25, 0.3) is 5.91 Å².